The molecular formula is C24H34N2O3. The van der Waals surface area contributed by atoms with E-state index in [0.717, 1.165) is 44.6 Å². The van der Waals surface area contributed by atoms with Crippen molar-refractivity contribution in [1.82, 2.24) is 10.2 Å². The quantitative estimate of drug-likeness (QED) is 0.538. The Morgan fingerprint density at radius 2 is 1.83 bits per heavy atom. The fourth-order valence-corrected chi connectivity index (χ4v) is 3.74. The summed E-state index contributed by atoms with van der Waals surface area (Å²) >= 11 is 0. The Bertz CT molecular complexity index is 717. The normalized spacial score (nSPS) is 15.4. The van der Waals surface area contributed by atoms with Crippen LogP contribution in [0.1, 0.15) is 30.4 Å². The van der Waals surface area contributed by atoms with Crippen LogP contribution in [0.2, 0.25) is 0 Å². The summed E-state index contributed by atoms with van der Waals surface area (Å²) in [6, 6.07) is 16.6. The Balaban J connectivity index is 1.39. The largest absolute Gasteiger partial charge is 0.493 e. The van der Waals surface area contributed by atoms with E-state index in [1.165, 1.54) is 18.4 Å². The molecule has 2 N–H and O–H groups in total. The van der Waals surface area contributed by atoms with E-state index >= 15 is 0 Å². The second-order valence-corrected chi connectivity index (χ2v) is 7.72. The van der Waals surface area contributed by atoms with Crippen molar-refractivity contribution in [3.05, 3.63) is 59.7 Å². The predicted molar refractivity (Wildman–Crippen MR) is 117 cm³/mol. The number of benzene rings is 2. The number of methoxy groups -OCH3 is 1. The zero-order valence-electron chi connectivity index (χ0n) is 17.5. The number of rotatable bonds is 12. The van der Waals surface area contributed by atoms with Crippen molar-refractivity contribution in [3.8, 4) is 11.5 Å². The number of nitrogens with zero attached hydrogens (tertiary/aromatic N) is 1. The highest BCUT2D eigenvalue weighted by Crippen LogP contribution is 2.28. The van der Waals surface area contributed by atoms with E-state index in [4.69, 9.17) is 9.47 Å². The molecule has 2 aromatic rings. The first-order valence-corrected chi connectivity index (χ1v) is 10.7. The third-order valence-electron chi connectivity index (χ3n) is 5.32. The Hall–Kier alpha value is -2.08. The maximum atomic E-state index is 10.2. The van der Waals surface area contributed by atoms with E-state index in [-0.39, 0.29) is 6.61 Å². The molecule has 1 heterocycles. The van der Waals surface area contributed by atoms with Gasteiger partial charge in [-0.25, -0.2) is 0 Å². The number of hydrogen-bond acceptors (Lipinski definition) is 5. The first kappa shape index (κ1) is 21.6. The molecule has 2 aromatic carbocycles. The first-order valence-electron chi connectivity index (χ1n) is 10.7. The van der Waals surface area contributed by atoms with Crippen LogP contribution in [0.4, 0.5) is 0 Å². The average molecular weight is 399 g/mol. The van der Waals surface area contributed by atoms with Gasteiger partial charge in [-0.1, -0.05) is 36.4 Å². The molecular weight excluding hydrogens is 364 g/mol. The van der Waals surface area contributed by atoms with Crippen LogP contribution >= 0.6 is 0 Å². The van der Waals surface area contributed by atoms with Gasteiger partial charge in [0.2, 0.25) is 0 Å². The molecule has 0 spiro atoms. The SMILES string of the molecule is COc1cc(CNCCCc2ccccc2)ccc1OC[C@H](O)CN1CCCC1. The zero-order chi connectivity index (χ0) is 20.3. The van der Waals surface area contributed by atoms with Gasteiger partial charge in [0.25, 0.3) is 0 Å². The molecule has 1 saturated heterocycles. The number of β-amino-alcohol motifs (C(OH)–C–C–N with tert-alkyl or cyclic N) is 1. The highest BCUT2D eigenvalue weighted by molar-refractivity contribution is 5.43. The third kappa shape index (κ3) is 7.35. The molecule has 0 radical (unpaired) electrons. The molecule has 0 amide bonds. The molecule has 158 valence electrons. The van der Waals surface area contributed by atoms with Crippen molar-refractivity contribution in [2.24, 2.45) is 0 Å². The second-order valence-electron chi connectivity index (χ2n) is 7.72. The molecule has 0 unspecified atom stereocenters. The minimum Gasteiger partial charge on any atom is -0.493 e. The smallest absolute Gasteiger partial charge is 0.161 e. The number of aliphatic hydroxyl groups is 1. The third-order valence-corrected chi connectivity index (χ3v) is 5.32. The van der Waals surface area contributed by atoms with Gasteiger partial charge < -0.3 is 24.8 Å². The van der Waals surface area contributed by atoms with E-state index in [9.17, 15) is 5.11 Å². The summed E-state index contributed by atoms with van der Waals surface area (Å²) in [5, 5.41) is 13.7. The molecule has 1 atom stereocenters. The van der Waals surface area contributed by atoms with Gasteiger partial charge in [-0.05, 0) is 68.6 Å². The van der Waals surface area contributed by atoms with E-state index in [2.05, 4.69) is 46.6 Å². The molecule has 0 saturated carbocycles. The molecule has 0 aliphatic carbocycles. The molecule has 29 heavy (non-hydrogen) atoms. The second kappa shape index (κ2) is 11.8. The summed E-state index contributed by atoms with van der Waals surface area (Å²) in [6.07, 6.45) is 4.16. The Morgan fingerprint density at radius 1 is 1.03 bits per heavy atom. The van der Waals surface area contributed by atoms with Crippen LogP contribution in [-0.4, -0.2) is 56.0 Å². The van der Waals surface area contributed by atoms with Gasteiger partial charge in [-0.3, -0.25) is 0 Å². The number of likely N-dealkylation sites (tertiary alicyclic amines) is 1. The number of nitrogens with one attached hydrogen (secondary N) is 1. The van der Waals surface area contributed by atoms with Crippen molar-refractivity contribution in [2.45, 2.75) is 38.3 Å². The molecule has 1 aliphatic rings. The van der Waals surface area contributed by atoms with Crippen LogP contribution in [0.3, 0.4) is 0 Å². The number of aryl methyl sites for hydroxylation is 1. The van der Waals surface area contributed by atoms with Crippen molar-refractivity contribution in [1.29, 1.82) is 0 Å². The van der Waals surface area contributed by atoms with Gasteiger partial charge in [0.15, 0.2) is 11.5 Å². The number of aliphatic hydroxyl groups excluding tert-OH is 1. The number of hydrogen-bond donors (Lipinski definition) is 2. The van der Waals surface area contributed by atoms with Gasteiger partial charge in [-0.15, -0.1) is 0 Å². The van der Waals surface area contributed by atoms with Crippen LogP contribution in [-0.2, 0) is 13.0 Å². The fourth-order valence-electron chi connectivity index (χ4n) is 3.74. The summed E-state index contributed by atoms with van der Waals surface area (Å²) in [7, 11) is 1.65. The van der Waals surface area contributed by atoms with Crippen LogP contribution < -0.4 is 14.8 Å². The lowest BCUT2D eigenvalue weighted by Gasteiger charge is -2.20. The van der Waals surface area contributed by atoms with Crippen molar-refractivity contribution < 1.29 is 14.6 Å². The minimum atomic E-state index is -0.483. The molecule has 0 aromatic heterocycles. The minimum absolute atomic E-state index is 0.282. The van der Waals surface area contributed by atoms with Gasteiger partial charge in [0.05, 0.1) is 7.11 Å². The maximum Gasteiger partial charge on any atom is 0.161 e. The molecule has 5 heteroatoms. The van der Waals surface area contributed by atoms with Crippen LogP contribution in [0.25, 0.3) is 0 Å². The summed E-state index contributed by atoms with van der Waals surface area (Å²) in [6.45, 7) is 4.87. The lowest BCUT2D eigenvalue weighted by molar-refractivity contribution is 0.0747. The topological polar surface area (TPSA) is 54.0 Å². The average Bonchev–Trinajstić information content (AvgIpc) is 3.26. The van der Waals surface area contributed by atoms with Gasteiger partial charge in [0, 0.05) is 13.1 Å². The standard InChI is InChI=1S/C24H34N2O3/c1-28-24-16-21(17-25-13-7-10-20-8-3-2-4-9-20)11-12-23(24)29-19-22(27)18-26-14-5-6-15-26/h2-4,8-9,11-12,16,22,25,27H,5-7,10,13-15,17-19H2,1H3/t22-/m1/s1. The Morgan fingerprint density at radius 3 is 2.59 bits per heavy atom. The van der Waals surface area contributed by atoms with Crippen LogP contribution in [0.15, 0.2) is 48.5 Å². The summed E-state index contributed by atoms with van der Waals surface area (Å²) in [5.74, 6) is 1.39. The maximum absolute atomic E-state index is 10.2. The molecule has 5 nitrogen and oxygen atoms in total. The molecule has 1 aliphatic heterocycles. The Labute approximate surface area is 174 Å². The van der Waals surface area contributed by atoms with Gasteiger partial charge in [-0.2, -0.15) is 0 Å². The van der Waals surface area contributed by atoms with Gasteiger partial charge >= 0.3 is 0 Å². The Kier molecular flexibility index (Phi) is 8.81. The monoisotopic (exact) mass is 398 g/mol. The highest BCUT2D eigenvalue weighted by atomic mass is 16.5. The number of ether oxygens (including phenoxy) is 2. The first-order chi connectivity index (χ1) is 14.2. The van der Waals surface area contributed by atoms with Crippen molar-refractivity contribution >= 4 is 0 Å². The molecule has 1 fully saturated rings. The van der Waals surface area contributed by atoms with Crippen molar-refractivity contribution in [2.75, 3.05) is 39.9 Å². The van der Waals surface area contributed by atoms with Gasteiger partial charge in [0.1, 0.15) is 12.7 Å². The lowest BCUT2D eigenvalue weighted by Crippen LogP contribution is -2.33. The molecule has 0 bridgehead atoms. The van der Waals surface area contributed by atoms with Crippen LogP contribution in [0.5, 0.6) is 11.5 Å². The van der Waals surface area contributed by atoms with E-state index < -0.39 is 6.10 Å². The van der Waals surface area contributed by atoms with Crippen LogP contribution in [0, 0.1) is 0 Å². The highest BCUT2D eigenvalue weighted by Gasteiger charge is 2.17. The lowest BCUT2D eigenvalue weighted by atomic mass is 10.1. The summed E-state index contributed by atoms with van der Waals surface area (Å²) < 4.78 is 11.3. The summed E-state index contributed by atoms with van der Waals surface area (Å²) in [5.41, 5.74) is 2.54. The van der Waals surface area contributed by atoms with E-state index in [1.807, 2.05) is 12.1 Å². The predicted octanol–water partition coefficient (Wildman–Crippen LogP) is 3.25. The molecule has 3 rings (SSSR count). The van der Waals surface area contributed by atoms with E-state index in [1.54, 1.807) is 7.11 Å². The van der Waals surface area contributed by atoms with Crippen molar-refractivity contribution in [3.63, 3.8) is 0 Å². The summed E-state index contributed by atoms with van der Waals surface area (Å²) in [4.78, 5) is 2.29. The fraction of sp³-hybridized carbons (Fsp3) is 0.500. The van der Waals surface area contributed by atoms with E-state index in [0.29, 0.717) is 18.0 Å². The zero-order valence-corrected chi connectivity index (χ0v) is 17.5.